The van der Waals surface area contributed by atoms with Crippen molar-refractivity contribution in [3.05, 3.63) is 138 Å². The molecule has 0 bridgehead atoms. The van der Waals surface area contributed by atoms with Gasteiger partial charge in [0.1, 0.15) is 42.0 Å². The lowest BCUT2D eigenvalue weighted by Crippen LogP contribution is -2.62. The largest absolute Gasteiger partial charge is 0.508 e. The summed E-state index contributed by atoms with van der Waals surface area (Å²) in [5.74, 6) is -7.21. The molecule has 1 fully saturated rings. The summed E-state index contributed by atoms with van der Waals surface area (Å²) >= 11 is 0. The Hall–Kier alpha value is -7.68. The topological polar surface area (TPSA) is 319 Å². The average molecular weight is 979 g/mol. The quantitative estimate of drug-likeness (QED) is 0.0417. The molecule has 4 aromatic rings. The standard InChI is InChI=1S/C51H62N8O12/c1-30(60)43(49(68)56-40(28-34-17-10-5-11-18-34)50(69)59-24-12-19-41(59)48(67)58-44(31(2)61)51(70)71)57-47(66)39(27-35-20-22-36(62)23-21-35)55-46(65)38(26-33-15-8-4-9-16-33)54-45(64)37(53-42(63)29-52)25-32-13-6-3-7-14-32/h3-11,13-18,20-23,30-31,37-41,43-44,60-62H,12,19,24-29,52H2,1-2H3,(H,53,63)(H,54,64)(H,55,65)(H,56,68)(H,57,66)(H,58,67)(H,70,71). The number of hydrogen-bond acceptors (Lipinski definition) is 12. The van der Waals surface area contributed by atoms with E-state index in [0.29, 0.717) is 28.7 Å². The highest BCUT2D eigenvalue weighted by Crippen LogP contribution is 2.21. The number of aliphatic carboxylic acids is 1. The number of hydrogen-bond donors (Lipinski definition) is 11. The molecule has 1 heterocycles. The van der Waals surface area contributed by atoms with Crippen LogP contribution >= 0.6 is 0 Å². The molecular weight excluding hydrogens is 917 g/mol. The molecule has 1 saturated heterocycles. The molecule has 0 aliphatic carbocycles. The Balaban J connectivity index is 1.41. The number of aliphatic hydroxyl groups is 2. The minimum absolute atomic E-state index is 0.0513. The van der Waals surface area contributed by atoms with Gasteiger partial charge in [-0.05, 0) is 61.1 Å². The third-order valence-corrected chi connectivity index (χ3v) is 11.9. The normalized spacial score (nSPS) is 16.6. The van der Waals surface area contributed by atoms with Crippen molar-refractivity contribution in [3.63, 3.8) is 0 Å². The number of carboxylic acid groups (broad SMARTS) is 1. The first-order chi connectivity index (χ1) is 33.9. The second-order valence-corrected chi connectivity index (χ2v) is 17.4. The maximum Gasteiger partial charge on any atom is 0.328 e. The zero-order valence-corrected chi connectivity index (χ0v) is 39.4. The summed E-state index contributed by atoms with van der Waals surface area (Å²) in [6, 6.07) is 22.0. The molecule has 20 nitrogen and oxygen atoms in total. The van der Waals surface area contributed by atoms with Crippen LogP contribution in [0.5, 0.6) is 5.75 Å². The molecule has 0 radical (unpaired) electrons. The molecule has 1 aliphatic heterocycles. The maximum atomic E-state index is 14.5. The van der Waals surface area contributed by atoms with E-state index in [4.69, 9.17) is 5.73 Å². The van der Waals surface area contributed by atoms with Gasteiger partial charge in [-0.3, -0.25) is 33.6 Å². The number of phenols is 1. The Morgan fingerprint density at radius 2 is 0.958 bits per heavy atom. The van der Waals surface area contributed by atoms with Crippen LogP contribution < -0.4 is 37.6 Å². The Morgan fingerprint density at radius 1 is 0.549 bits per heavy atom. The van der Waals surface area contributed by atoms with Crippen molar-refractivity contribution in [2.75, 3.05) is 13.1 Å². The number of rotatable bonds is 24. The van der Waals surface area contributed by atoms with Crippen molar-refractivity contribution >= 4 is 47.3 Å². The lowest BCUT2D eigenvalue weighted by atomic mass is 10.0. The fourth-order valence-electron chi connectivity index (χ4n) is 8.10. The molecule has 5 rings (SSSR count). The molecule has 7 amide bonds. The molecule has 378 valence electrons. The van der Waals surface area contributed by atoms with Crippen LogP contribution in [0.1, 0.15) is 48.9 Å². The number of carbonyl (C=O) groups excluding carboxylic acids is 7. The molecule has 20 heteroatoms. The Labute approximate surface area is 410 Å². The number of benzene rings is 4. The average Bonchev–Trinajstić information content (AvgIpc) is 3.85. The van der Waals surface area contributed by atoms with E-state index in [0.717, 1.165) is 0 Å². The molecule has 4 aromatic carbocycles. The first kappa shape index (κ1) is 54.3. The SMILES string of the molecule is CC(O)C(NC(=O)C1CCCN1C(=O)C(Cc1ccccc1)NC(=O)C(NC(=O)C(Cc1ccc(O)cc1)NC(=O)C(Cc1ccccc1)NC(=O)C(Cc1ccccc1)NC(=O)CN)C(C)O)C(=O)O. The highest BCUT2D eigenvalue weighted by Gasteiger charge is 2.41. The number of aliphatic hydroxyl groups excluding tert-OH is 2. The fraction of sp³-hybridized carbons (Fsp3) is 0.373. The number of phenolic OH excluding ortho intramolecular Hbond substituents is 1. The van der Waals surface area contributed by atoms with Gasteiger partial charge in [0.2, 0.25) is 41.4 Å². The second kappa shape index (κ2) is 26.3. The molecule has 0 saturated carbocycles. The van der Waals surface area contributed by atoms with E-state index in [1.54, 1.807) is 91.0 Å². The lowest BCUT2D eigenvalue weighted by Gasteiger charge is -2.31. The number of likely N-dealkylation sites (tertiary alicyclic amines) is 1. The smallest absolute Gasteiger partial charge is 0.328 e. The minimum atomic E-state index is -1.74. The van der Waals surface area contributed by atoms with Crippen molar-refractivity contribution in [2.45, 2.75) is 107 Å². The van der Waals surface area contributed by atoms with E-state index in [1.807, 2.05) is 0 Å². The second-order valence-electron chi connectivity index (χ2n) is 17.4. The predicted octanol–water partition coefficient (Wildman–Crippen LogP) is -0.632. The van der Waals surface area contributed by atoms with Crippen LogP contribution in [0, 0.1) is 0 Å². The number of amides is 7. The fourth-order valence-corrected chi connectivity index (χ4v) is 8.10. The van der Waals surface area contributed by atoms with Crippen molar-refractivity contribution in [3.8, 4) is 5.75 Å². The molecular formula is C51H62N8O12. The van der Waals surface area contributed by atoms with Gasteiger partial charge in [0.15, 0.2) is 6.04 Å². The third kappa shape index (κ3) is 16.2. The first-order valence-corrected chi connectivity index (χ1v) is 23.2. The van der Waals surface area contributed by atoms with E-state index in [9.17, 15) is 58.8 Å². The van der Waals surface area contributed by atoms with Crippen LogP contribution in [0.3, 0.4) is 0 Å². The Morgan fingerprint density at radius 3 is 1.39 bits per heavy atom. The predicted molar refractivity (Wildman–Crippen MR) is 259 cm³/mol. The van der Waals surface area contributed by atoms with Crippen LogP contribution in [0.4, 0.5) is 0 Å². The molecule has 12 N–H and O–H groups in total. The summed E-state index contributed by atoms with van der Waals surface area (Å²) in [5, 5.41) is 56.1. The zero-order chi connectivity index (χ0) is 51.6. The Bertz CT molecular complexity index is 2440. The molecule has 71 heavy (non-hydrogen) atoms. The molecule has 0 spiro atoms. The Kier molecular flexibility index (Phi) is 20.1. The van der Waals surface area contributed by atoms with Gasteiger partial charge in [-0.25, -0.2) is 4.79 Å². The van der Waals surface area contributed by atoms with E-state index in [2.05, 4.69) is 31.9 Å². The van der Waals surface area contributed by atoms with Gasteiger partial charge < -0.3 is 63.0 Å². The minimum Gasteiger partial charge on any atom is -0.508 e. The number of aromatic hydroxyl groups is 1. The van der Waals surface area contributed by atoms with E-state index in [1.165, 1.54) is 43.0 Å². The summed E-state index contributed by atoms with van der Waals surface area (Å²) in [6.07, 6.45) is -2.86. The van der Waals surface area contributed by atoms with E-state index < -0.39 is 108 Å². The van der Waals surface area contributed by atoms with E-state index in [-0.39, 0.29) is 44.4 Å². The first-order valence-electron chi connectivity index (χ1n) is 23.2. The third-order valence-electron chi connectivity index (χ3n) is 11.9. The van der Waals surface area contributed by atoms with Crippen LogP contribution in [0.25, 0.3) is 0 Å². The number of nitrogens with zero attached hydrogens (tertiary/aromatic N) is 1. The molecule has 0 aromatic heterocycles. The van der Waals surface area contributed by atoms with E-state index >= 15 is 0 Å². The van der Waals surface area contributed by atoms with Gasteiger partial charge in [0, 0.05) is 32.2 Å². The number of carbonyl (C=O) groups is 8. The molecule has 9 atom stereocenters. The van der Waals surface area contributed by atoms with Crippen LogP contribution in [0.15, 0.2) is 115 Å². The monoisotopic (exact) mass is 978 g/mol. The summed E-state index contributed by atoms with van der Waals surface area (Å²) < 4.78 is 0. The van der Waals surface area contributed by atoms with Gasteiger partial charge in [-0.2, -0.15) is 0 Å². The summed E-state index contributed by atoms with van der Waals surface area (Å²) in [5.41, 5.74) is 7.98. The number of nitrogens with two attached hydrogens (primary N) is 1. The highest BCUT2D eigenvalue weighted by molar-refractivity contribution is 5.98. The van der Waals surface area contributed by atoms with Crippen molar-refractivity contribution in [1.29, 1.82) is 0 Å². The van der Waals surface area contributed by atoms with Gasteiger partial charge in [0.25, 0.3) is 0 Å². The van der Waals surface area contributed by atoms with Gasteiger partial charge in [-0.15, -0.1) is 0 Å². The number of nitrogens with one attached hydrogen (secondary N) is 6. The van der Waals surface area contributed by atoms with Gasteiger partial charge in [0.05, 0.1) is 18.8 Å². The van der Waals surface area contributed by atoms with Crippen LogP contribution in [-0.2, 0) is 64.0 Å². The van der Waals surface area contributed by atoms with Crippen molar-refractivity contribution in [1.82, 2.24) is 36.8 Å². The summed E-state index contributed by atoms with van der Waals surface area (Å²) in [6.45, 7) is 2.09. The highest BCUT2D eigenvalue weighted by atomic mass is 16.4. The van der Waals surface area contributed by atoms with Crippen molar-refractivity contribution < 1.29 is 58.8 Å². The summed E-state index contributed by atoms with van der Waals surface area (Å²) in [7, 11) is 0. The zero-order valence-electron chi connectivity index (χ0n) is 39.4. The van der Waals surface area contributed by atoms with Gasteiger partial charge in [-0.1, -0.05) is 103 Å². The lowest BCUT2D eigenvalue weighted by molar-refractivity contribution is -0.147. The summed E-state index contributed by atoms with van der Waals surface area (Å²) in [4.78, 5) is 111. The number of carboxylic acids is 1. The molecule has 9 unspecified atom stereocenters. The molecule has 1 aliphatic rings. The van der Waals surface area contributed by atoms with Crippen LogP contribution in [0.2, 0.25) is 0 Å². The van der Waals surface area contributed by atoms with Gasteiger partial charge >= 0.3 is 5.97 Å². The van der Waals surface area contributed by atoms with Crippen molar-refractivity contribution in [2.24, 2.45) is 5.73 Å². The maximum absolute atomic E-state index is 14.5. The van der Waals surface area contributed by atoms with Crippen LogP contribution in [-0.4, -0.2) is 140 Å².